The smallest absolute Gasteiger partial charge is 0.323 e. The van der Waals surface area contributed by atoms with E-state index in [0.717, 1.165) is 38.0 Å². The standard InChI is InChI=1S/C28H28Cl2N4O2/c29-23-10-9-22(17-24(23)30)31-28(36)32-25-16-20(8-11-26(25)33-13-4-1-5-14-33)27(35)34-15-12-19-6-2-3-7-21(19)18-34/h2-3,6-11,16-17H,1,4-5,12-15,18H2,(H2,31,32,36). The number of carbonyl (C=O) groups is 2. The summed E-state index contributed by atoms with van der Waals surface area (Å²) in [4.78, 5) is 30.5. The molecule has 0 aromatic heterocycles. The number of rotatable bonds is 4. The zero-order valence-electron chi connectivity index (χ0n) is 19.9. The van der Waals surface area contributed by atoms with Crippen molar-refractivity contribution in [3.8, 4) is 0 Å². The van der Waals surface area contributed by atoms with E-state index in [2.05, 4.69) is 27.7 Å². The van der Waals surface area contributed by atoms with Gasteiger partial charge in [-0.05, 0) is 73.2 Å². The van der Waals surface area contributed by atoms with Crippen LogP contribution in [0.25, 0.3) is 0 Å². The van der Waals surface area contributed by atoms with E-state index in [1.54, 1.807) is 24.3 Å². The van der Waals surface area contributed by atoms with Gasteiger partial charge in [-0.3, -0.25) is 4.79 Å². The van der Waals surface area contributed by atoms with Crippen molar-refractivity contribution in [3.63, 3.8) is 0 Å². The van der Waals surface area contributed by atoms with Crippen LogP contribution in [0.3, 0.4) is 0 Å². The molecule has 0 atom stereocenters. The summed E-state index contributed by atoms with van der Waals surface area (Å²) < 4.78 is 0. The normalized spacial score (nSPS) is 15.3. The second kappa shape index (κ2) is 10.8. The number of urea groups is 1. The topological polar surface area (TPSA) is 64.7 Å². The molecule has 2 heterocycles. The fourth-order valence-corrected chi connectivity index (χ4v) is 5.19. The Hall–Kier alpha value is -3.22. The lowest BCUT2D eigenvalue weighted by Crippen LogP contribution is -2.36. The van der Waals surface area contributed by atoms with Crippen LogP contribution in [-0.2, 0) is 13.0 Å². The Labute approximate surface area is 221 Å². The number of carbonyl (C=O) groups excluding carboxylic acids is 2. The minimum Gasteiger partial charge on any atom is -0.370 e. The number of fused-ring (bicyclic) bond motifs is 1. The summed E-state index contributed by atoms with van der Waals surface area (Å²) >= 11 is 12.1. The third kappa shape index (κ3) is 5.45. The van der Waals surface area contributed by atoms with Crippen molar-refractivity contribution in [1.82, 2.24) is 4.90 Å². The first kappa shape index (κ1) is 24.5. The molecule has 6 nitrogen and oxygen atoms in total. The van der Waals surface area contributed by atoms with Gasteiger partial charge in [0, 0.05) is 37.4 Å². The van der Waals surface area contributed by atoms with Gasteiger partial charge in [0.05, 0.1) is 21.4 Å². The Morgan fingerprint density at radius 3 is 2.33 bits per heavy atom. The van der Waals surface area contributed by atoms with Gasteiger partial charge in [-0.1, -0.05) is 47.5 Å². The molecule has 3 aromatic carbocycles. The van der Waals surface area contributed by atoms with Crippen molar-refractivity contribution >= 4 is 52.2 Å². The van der Waals surface area contributed by atoms with Gasteiger partial charge in [-0.15, -0.1) is 0 Å². The maximum Gasteiger partial charge on any atom is 0.323 e. The molecule has 2 aliphatic heterocycles. The van der Waals surface area contributed by atoms with Gasteiger partial charge in [0.15, 0.2) is 0 Å². The van der Waals surface area contributed by atoms with E-state index < -0.39 is 6.03 Å². The third-order valence-electron chi connectivity index (χ3n) is 6.78. The number of anilines is 3. The summed E-state index contributed by atoms with van der Waals surface area (Å²) in [6.07, 6.45) is 4.24. The van der Waals surface area contributed by atoms with Gasteiger partial charge in [0.1, 0.15) is 0 Å². The van der Waals surface area contributed by atoms with Crippen LogP contribution in [-0.4, -0.2) is 36.5 Å². The SMILES string of the molecule is O=C(Nc1ccc(Cl)c(Cl)c1)Nc1cc(C(=O)N2CCc3ccccc3C2)ccc1N1CCCCC1. The van der Waals surface area contributed by atoms with E-state index >= 15 is 0 Å². The van der Waals surface area contributed by atoms with Crippen molar-refractivity contribution in [1.29, 1.82) is 0 Å². The number of benzene rings is 3. The Morgan fingerprint density at radius 2 is 1.56 bits per heavy atom. The largest absolute Gasteiger partial charge is 0.370 e. The lowest BCUT2D eigenvalue weighted by molar-refractivity contribution is 0.0734. The number of nitrogens with zero attached hydrogens (tertiary/aromatic N) is 2. The predicted molar refractivity (Wildman–Crippen MR) is 146 cm³/mol. The molecule has 0 saturated carbocycles. The molecule has 0 aliphatic carbocycles. The summed E-state index contributed by atoms with van der Waals surface area (Å²) in [5, 5.41) is 6.55. The van der Waals surface area contributed by atoms with Gasteiger partial charge < -0.3 is 20.4 Å². The number of amides is 3. The Balaban J connectivity index is 1.38. The van der Waals surface area contributed by atoms with E-state index in [1.165, 1.54) is 17.5 Å². The fraction of sp³-hybridized carbons (Fsp3) is 0.286. The molecular formula is C28H28Cl2N4O2. The first-order valence-corrected chi connectivity index (χ1v) is 13.0. The molecule has 36 heavy (non-hydrogen) atoms. The van der Waals surface area contributed by atoms with Crippen molar-refractivity contribution in [3.05, 3.63) is 87.4 Å². The molecule has 0 spiro atoms. The third-order valence-corrected chi connectivity index (χ3v) is 7.52. The Morgan fingerprint density at radius 1 is 0.778 bits per heavy atom. The van der Waals surface area contributed by atoms with Crippen LogP contribution in [0.15, 0.2) is 60.7 Å². The van der Waals surface area contributed by atoms with Crippen LogP contribution in [0.1, 0.15) is 40.7 Å². The average Bonchev–Trinajstić information content (AvgIpc) is 2.90. The zero-order chi connectivity index (χ0) is 25.1. The molecule has 0 radical (unpaired) electrons. The minimum atomic E-state index is -0.414. The van der Waals surface area contributed by atoms with Crippen molar-refractivity contribution in [2.45, 2.75) is 32.2 Å². The number of hydrogen-bond acceptors (Lipinski definition) is 3. The van der Waals surface area contributed by atoms with E-state index in [1.807, 2.05) is 29.2 Å². The second-order valence-corrected chi connectivity index (χ2v) is 10.0. The van der Waals surface area contributed by atoms with Crippen molar-refractivity contribution in [2.24, 2.45) is 0 Å². The van der Waals surface area contributed by atoms with Gasteiger partial charge in [0.25, 0.3) is 5.91 Å². The van der Waals surface area contributed by atoms with E-state index in [-0.39, 0.29) is 5.91 Å². The Bertz CT molecular complexity index is 1290. The molecule has 0 unspecified atom stereocenters. The number of nitrogens with one attached hydrogen (secondary N) is 2. The first-order valence-electron chi connectivity index (χ1n) is 12.3. The summed E-state index contributed by atoms with van der Waals surface area (Å²) in [5.41, 5.74) is 5.09. The maximum atomic E-state index is 13.5. The molecule has 2 N–H and O–H groups in total. The molecule has 1 saturated heterocycles. The molecule has 5 rings (SSSR count). The molecular weight excluding hydrogens is 495 g/mol. The second-order valence-electron chi connectivity index (χ2n) is 9.23. The van der Waals surface area contributed by atoms with Gasteiger partial charge in [-0.25, -0.2) is 4.79 Å². The van der Waals surface area contributed by atoms with Crippen LogP contribution < -0.4 is 15.5 Å². The van der Waals surface area contributed by atoms with Crippen molar-refractivity contribution in [2.75, 3.05) is 35.2 Å². The first-order chi connectivity index (χ1) is 17.5. The molecule has 0 bridgehead atoms. The van der Waals surface area contributed by atoms with Crippen LogP contribution in [0, 0.1) is 0 Å². The Kier molecular flexibility index (Phi) is 7.35. The highest BCUT2D eigenvalue weighted by atomic mass is 35.5. The fourth-order valence-electron chi connectivity index (χ4n) is 4.89. The van der Waals surface area contributed by atoms with Gasteiger partial charge in [0.2, 0.25) is 0 Å². The predicted octanol–water partition coefficient (Wildman–Crippen LogP) is 6.83. The number of piperidine rings is 1. The number of hydrogen-bond donors (Lipinski definition) is 2. The van der Waals surface area contributed by atoms with Crippen LogP contribution in [0.4, 0.5) is 21.9 Å². The van der Waals surface area contributed by atoms with Gasteiger partial charge >= 0.3 is 6.03 Å². The highest BCUT2D eigenvalue weighted by Crippen LogP contribution is 2.31. The molecule has 8 heteroatoms. The number of halogens is 2. The summed E-state index contributed by atoms with van der Waals surface area (Å²) in [6, 6.07) is 18.4. The van der Waals surface area contributed by atoms with Crippen LogP contribution >= 0.6 is 23.2 Å². The maximum absolute atomic E-state index is 13.5. The van der Waals surface area contributed by atoms with Crippen LogP contribution in [0.2, 0.25) is 10.0 Å². The van der Waals surface area contributed by atoms with Crippen LogP contribution in [0.5, 0.6) is 0 Å². The summed E-state index contributed by atoms with van der Waals surface area (Å²) in [5.74, 6) is -0.0392. The van der Waals surface area contributed by atoms with Crippen molar-refractivity contribution < 1.29 is 9.59 Å². The highest BCUT2D eigenvalue weighted by molar-refractivity contribution is 6.42. The molecule has 3 amide bonds. The highest BCUT2D eigenvalue weighted by Gasteiger charge is 2.24. The quantitative estimate of drug-likeness (QED) is 0.394. The lowest BCUT2D eigenvalue weighted by Gasteiger charge is -2.32. The van der Waals surface area contributed by atoms with E-state index in [0.29, 0.717) is 40.1 Å². The lowest BCUT2D eigenvalue weighted by atomic mass is 9.99. The minimum absolute atomic E-state index is 0.0392. The zero-order valence-corrected chi connectivity index (χ0v) is 21.4. The van der Waals surface area contributed by atoms with E-state index in [9.17, 15) is 9.59 Å². The summed E-state index contributed by atoms with van der Waals surface area (Å²) in [6.45, 7) is 3.09. The molecule has 186 valence electrons. The van der Waals surface area contributed by atoms with E-state index in [4.69, 9.17) is 23.2 Å². The summed E-state index contributed by atoms with van der Waals surface area (Å²) in [7, 11) is 0. The van der Waals surface area contributed by atoms with Gasteiger partial charge in [-0.2, -0.15) is 0 Å². The molecule has 2 aliphatic rings. The molecule has 1 fully saturated rings. The monoisotopic (exact) mass is 522 g/mol. The molecule has 3 aromatic rings. The average molecular weight is 523 g/mol.